The van der Waals surface area contributed by atoms with Gasteiger partial charge in [-0.1, -0.05) is 32.0 Å². The van der Waals surface area contributed by atoms with Gasteiger partial charge in [0.15, 0.2) is 0 Å². The minimum atomic E-state index is -1.13. The van der Waals surface area contributed by atoms with Gasteiger partial charge in [0, 0.05) is 12.7 Å². The Morgan fingerprint density at radius 1 is 1.17 bits per heavy atom. The lowest BCUT2D eigenvalue weighted by molar-refractivity contribution is -0.137. The van der Waals surface area contributed by atoms with E-state index in [1.54, 1.807) is 0 Å². The summed E-state index contributed by atoms with van der Waals surface area (Å²) in [6, 6.07) is 5.60. The van der Waals surface area contributed by atoms with Crippen LogP contribution in [0.5, 0.6) is 0 Å². The molecule has 0 aliphatic rings. The van der Waals surface area contributed by atoms with Crippen molar-refractivity contribution in [2.45, 2.75) is 40.8 Å². The summed E-state index contributed by atoms with van der Waals surface area (Å²) in [4.78, 5) is 36.3. The molecule has 0 bridgehead atoms. The first kappa shape index (κ1) is 17.7. The van der Waals surface area contributed by atoms with Gasteiger partial charge in [-0.15, -0.1) is 0 Å². The number of carbonyl (C=O) groups is 1. The lowest BCUT2D eigenvalue weighted by Gasteiger charge is -2.15. The number of hydrogen-bond donors (Lipinski definition) is 1. The van der Waals surface area contributed by atoms with Crippen LogP contribution in [0.3, 0.4) is 0 Å². The standard InChI is InChI=1S/C18H22N2O4/c1-11(2)8-20-17(23)15(9-19(18(20)24)10-16(21)22)14-7-5-6-12(3)13(14)4/h5-7,9,11H,8,10H2,1-4H3,(H,21,22). The number of benzene rings is 1. The summed E-state index contributed by atoms with van der Waals surface area (Å²) in [5.74, 6) is -1.04. The maximum atomic E-state index is 12.8. The van der Waals surface area contributed by atoms with Gasteiger partial charge >= 0.3 is 11.7 Å². The molecule has 1 heterocycles. The van der Waals surface area contributed by atoms with Crippen molar-refractivity contribution in [2.75, 3.05) is 0 Å². The molecule has 0 aliphatic heterocycles. The fourth-order valence-electron chi connectivity index (χ4n) is 2.67. The van der Waals surface area contributed by atoms with Crippen LogP contribution in [-0.2, 0) is 17.9 Å². The van der Waals surface area contributed by atoms with Crippen LogP contribution in [-0.4, -0.2) is 20.2 Å². The van der Waals surface area contributed by atoms with E-state index in [4.69, 9.17) is 5.11 Å². The van der Waals surface area contributed by atoms with Gasteiger partial charge < -0.3 is 5.11 Å². The molecular weight excluding hydrogens is 308 g/mol. The lowest BCUT2D eigenvalue weighted by Crippen LogP contribution is -2.42. The molecule has 24 heavy (non-hydrogen) atoms. The number of aromatic nitrogens is 2. The Morgan fingerprint density at radius 3 is 2.42 bits per heavy atom. The van der Waals surface area contributed by atoms with Crippen molar-refractivity contribution in [3.63, 3.8) is 0 Å². The summed E-state index contributed by atoms with van der Waals surface area (Å²) >= 11 is 0. The van der Waals surface area contributed by atoms with Gasteiger partial charge in [0.25, 0.3) is 5.56 Å². The zero-order valence-electron chi connectivity index (χ0n) is 14.4. The molecule has 1 N–H and O–H groups in total. The number of aliphatic carboxylic acids is 1. The molecule has 0 saturated heterocycles. The molecule has 0 unspecified atom stereocenters. The van der Waals surface area contributed by atoms with Crippen LogP contribution < -0.4 is 11.2 Å². The zero-order valence-corrected chi connectivity index (χ0v) is 14.4. The molecule has 1 aromatic heterocycles. The van der Waals surface area contributed by atoms with Crippen LogP contribution in [0.15, 0.2) is 34.0 Å². The Morgan fingerprint density at radius 2 is 1.83 bits per heavy atom. The summed E-state index contributed by atoms with van der Waals surface area (Å²) in [5, 5.41) is 9.05. The van der Waals surface area contributed by atoms with Gasteiger partial charge in [-0.25, -0.2) is 4.79 Å². The van der Waals surface area contributed by atoms with Gasteiger partial charge in [-0.3, -0.25) is 18.7 Å². The summed E-state index contributed by atoms with van der Waals surface area (Å²) in [5.41, 5.74) is 2.05. The van der Waals surface area contributed by atoms with E-state index in [-0.39, 0.29) is 18.0 Å². The van der Waals surface area contributed by atoms with E-state index in [9.17, 15) is 14.4 Å². The van der Waals surface area contributed by atoms with Crippen molar-refractivity contribution < 1.29 is 9.90 Å². The number of nitrogens with zero attached hydrogens (tertiary/aromatic N) is 2. The lowest BCUT2D eigenvalue weighted by atomic mass is 9.99. The highest BCUT2D eigenvalue weighted by Gasteiger charge is 2.17. The van der Waals surface area contributed by atoms with Crippen molar-refractivity contribution in [1.29, 1.82) is 0 Å². The van der Waals surface area contributed by atoms with E-state index >= 15 is 0 Å². The molecule has 0 fully saturated rings. The van der Waals surface area contributed by atoms with Crippen molar-refractivity contribution >= 4 is 5.97 Å². The normalized spacial score (nSPS) is 11.0. The number of carboxylic acid groups (broad SMARTS) is 1. The van der Waals surface area contributed by atoms with Crippen LogP contribution in [0.2, 0.25) is 0 Å². The molecule has 0 atom stereocenters. The van der Waals surface area contributed by atoms with Crippen LogP contribution in [0.4, 0.5) is 0 Å². The molecule has 0 spiro atoms. The Kier molecular flexibility index (Phi) is 5.07. The molecule has 2 rings (SSSR count). The quantitative estimate of drug-likeness (QED) is 0.909. The molecule has 0 saturated carbocycles. The second-order valence-electron chi connectivity index (χ2n) is 6.40. The van der Waals surface area contributed by atoms with Crippen molar-refractivity contribution in [1.82, 2.24) is 9.13 Å². The molecule has 6 nitrogen and oxygen atoms in total. The highest BCUT2D eigenvalue weighted by Crippen LogP contribution is 2.22. The third-order valence-corrected chi connectivity index (χ3v) is 3.99. The third-order valence-electron chi connectivity index (χ3n) is 3.99. The average molecular weight is 330 g/mol. The third kappa shape index (κ3) is 3.48. The minimum absolute atomic E-state index is 0.0857. The fourth-order valence-corrected chi connectivity index (χ4v) is 2.67. The largest absolute Gasteiger partial charge is 0.480 e. The topological polar surface area (TPSA) is 81.3 Å². The molecule has 1 aromatic carbocycles. The van der Waals surface area contributed by atoms with Crippen molar-refractivity contribution in [3.05, 3.63) is 56.4 Å². The first-order chi connectivity index (χ1) is 11.2. The summed E-state index contributed by atoms with van der Waals surface area (Å²) in [7, 11) is 0. The highest BCUT2D eigenvalue weighted by molar-refractivity contribution is 5.69. The Hall–Kier alpha value is -2.63. The first-order valence-electron chi connectivity index (χ1n) is 7.85. The maximum absolute atomic E-state index is 12.8. The summed E-state index contributed by atoms with van der Waals surface area (Å²) < 4.78 is 2.22. The van der Waals surface area contributed by atoms with E-state index in [1.807, 2.05) is 45.9 Å². The molecule has 128 valence electrons. The molecule has 6 heteroatoms. The van der Waals surface area contributed by atoms with Gasteiger partial charge in [0.05, 0.1) is 5.56 Å². The van der Waals surface area contributed by atoms with E-state index in [2.05, 4.69) is 0 Å². The second-order valence-corrected chi connectivity index (χ2v) is 6.40. The number of rotatable bonds is 5. The predicted molar refractivity (Wildman–Crippen MR) is 92.3 cm³/mol. The average Bonchev–Trinajstić information content (AvgIpc) is 2.49. The van der Waals surface area contributed by atoms with Gasteiger partial charge in [0.1, 0.15) is 6.54 Å². The maximum Gasteiger partial charge on any atom is 0.331 e. The molecule has 0 amide bonds. The highest BCUT2D eigenvalue weighted by atomic mass is 16.4. The number of carboxylic acids is 1. The first-order valence-corrected chi connectivity index (χ1v) is 7.85. The molecule has 2 aromatic rings. The number of hydrogen-bond acceptors (Lipinski definition) is 3. The Balaban J connectivity index is 2.80. The van der Waals surface area contributed by atoms with Crippen LogP contribution in [0.25, 0.3) is 11.1 Å². The monoisotopic (exact) mass is 330 g/mol. The van der Waals surface area contributed by atoms with E-state index < -0.39 is 18.2 Å². The SMILES string of the molecule is Cc1cccc(-c2cn(CC(=O)O)c(=O)n(CC(C)C)c2=O)c1C. The molecular formula is C18H22N2O4. The Bertz CT molecular complexity index is 891. The van der Waals surface area contributed by atoms with Crippen LogP contribution in [0.1, 0.15) is 25.0 Å². The minimum Gasteiger partial charge on any atom is -0.480 e. The fraction of sp³-hybridized carbons (Fsp3) is 0.389. The predicted octanol–water partition coefficient (Wildman–Crippen LogP) is 2.03. The molecule has 0 aliphatic carbocycles. The summed E-state index contributed by atoms with van der Waals surface area (Å²) in [6.07, 6.45) is 1.36. The van der Waals surface area contributed by atoms with E-state index in [1.165, 1.54) is 6.20 Å². The molecule has 0 radical (unpaired) electrons. The van der Waals surface area contributed by atoms with Gasteiger partial charge in [0.2, 0.25) is 0 Å². The Labute approximate surface area is 140 Å². The van der Waals surface area contributed by atoms with E-state index in [0.717, 1.165) is 25.8 Å². The number of aryl methyl sites for hydroxylation is 1. The van der Waals surface area contributed by atoms with Crippen LogP contribution >= 0.6 is 0 Å². The van der Waals surface area contributed by atoms with Crippen molar-refractivity contribution in [3.8, 4) is 11.1 Å². The summed E-state index contributed by atoms with van der Waals surface area (Å²) in [6.45, 7) is 7.42. The van der Waals surface area contributed by atoms with Gasteiger partial charge in [-0.05, 0) is 36.5 Å². The van der Waals surface area contributed by atoms with Crippen LogP contribution in [0, 0.1) is 19.8 Å². The van der Waals surface area contributed by atoms with Gasteiger partial charge in [-0.2, -0.15) is 0 Å². The smallest absolute Gasteiger partial charge is 0.331 e. The van der Waals surface area contributed by atoms with Crippen molar-refractivity contribution in [2.24, 2.45) is 5.92 Å². The van der Waals surface area contributed by atoms with E-state index in [0.29, 0.717) is 5.56 Å². The zero-order chi connectivity index (χ0) is 18.0. The second kappa shape index (κ2) is 6.86.